The highest BCUT2D eigenvalue weighted by Gasteiger charge is 2.22. The molecule has 1 heterocycles. The van der Waals surface area contributed by atoms with Gasteiger partial charge in [0.15, 0.2) is 0 Å². The van der Waals surface area contributed by atoms with Crippen molar-refractivity contribution in [3.63, 3.8) is 0 Å². The van der Waals surface area contributed by atoms with Crippen LogP contribution in [0, 0.1) is 0 Å². The van der Waals surface area contributed by atoms with Crippen LogP contribution in [0.15, 0.2) is 24.3 Å². The number of anilines is 1. The topological polar surface area (TPSA) is 72.6 Å². The van der Waals surface area contributed by atoms with Crippen molar-refractivity contribution >= 4 is 17.5 Å². The minimum absolute atomic E-state index is 0.0452. The van der Waals surface area contributed by atoms with Crippen LogP contribution in [0.5, 0.6) is 0 Å². The molecular weight excluding hydrogens is 220 g/mol. The van der Waals surface area contributed by atoms with E-state index in [0.29, 0.717) is 37.4 Å². The quantitative estimate of drug-likeness (QED) is 0.811. The summed E-state index contributed by atoms with van der Waals surface area (Å²) in [5.41, 5.74) is 6.23. The van der Waals surface area contributed by atoms with Crippen molar-refractivity contribution in [2.24, 2.45) is 5.73 Å². The summed E-state index contributed by atoms with van der Waals surface area (Å²) < 4.78 is 5.24. The molecule has 17 heavy (non-hydrogen) atoms. The van der Waals surface area contributed by atoms with Gasteiger partial charge in [0.05, 0.1) is 30.9 Å². The molecule has 0 radical (unpaired) electrons. The minimum atomic E-state index is -0.529. The standard InChI is InChI=1S/C12H14N2O3/c13-12(16)9-3-1-2-4-10(9)14-6-8-17-7-5-11(14)15/h1-4H,5-8H2,(H2,13,16). The number of carbonyl (C=O) groups excluding carboxylic acids is 2. The van der Waals surface area contributed by atoms with Gasteiger partial charge in [-0.15, -0.1) is 0 Å². The van der Waals surface area contributed by atoms with Gasteiger partial charge in [0, 0.05) is 6.54 Å². The first-order valence-electron chi connectivity index (χ1n) is 5.47. The van der Waals surface area contributed by atoms with Gasteiger partial charge in [-0.1, -0.05) is 12.1 Å². The van der Waals surface area contributed by atoms with Crippen molar-refractivity contribution in [3.8, 4) is 0 Å². The van der Waals surface area contributed by atoms with Gasteiger partial charge in [-0.3, -0.25) is 9.59 Å². The van der Waals surface area contributed by atoms with Gasteiger partial charge < -0.3 is 15.4 Å². The number of hydrogen-bond donors (Lipinski definition) is 1. The van der Waals surface area contributed by atoms with Crippen LogP contribution in [-0.2, 0) is 9.53 Å². The monoisotopic (exact) mass is 234 g/mol. The number of nitrogens with two attached hydrogens (primary N) is 1. The van der Waals surface area contributed by atoms with E-state index in [2.05, 4.69) is 0 Å². The number of carbonyl (C=O) groups is 2. The molecule has 5 nitrogen and oxygen atoms in total. The molecule has 2 N–H and O–H groups in total. The van der Waals surface area contributed by atoms with Crippen molar-refractivity contribution in [3.05, 3.63) is 29.8 Å². The zero-order chi connectivity index (χ0) is 12.3. The normalized spacial score (nSPS) is 16.7. The average molecular weight is 234 g/mol. The maximum atomic E-state index is 11.9. The van der Waals surface area contributed by atoms with Crippen LogP contribution in [0.25, 0.3) is 0 Å². The minimum Gasteiger partial charge on any atom is -0.379 e. The van der Waals surface area contributed by atoms with Gasteiger partial charge in [-0.2, -0.15) is 0 Å². The Morgan fingerprint density at radius 1 is 1.29 bits per heavy atom. The molecule has 1 fully saturated rings. The fourth-order valence-corrected chi connectivity index (χ4v) is 1.85. The molecule has 0 bridgehead atoms. The lowest BCUT2D eigenvalue weighted by molar-refractivity contribution is -0.118. The zero-order valence-corrected chi connectivity index (χ0v) is 9.39. The summed E-state index contributed by atoms with van der Waals surface area (Å²) in [4.78, 5) is 24.8. The number of primary amides is 1. The molecule has 5 heteroatoms. The van der Waals surface area contributed by atoms with Crippen molar-refractivity contribution < 1.29 is 14.3 Å². The van der Waals surface area contributed by atoms with E-state index in [9.17, 15) is 9.59 Å². The van der Waals surface area contributed by atoms with Crippen LogP contribution in [0.1, 0.15) is 16.8 Å². The first kappa shape index (κ1) is 11.6. The van der Waals surface area contributed by atoms with E-state index in [1.165, 1.54) is 0 Å². The van der Waals surface area contributed by atoms with Crippen LogP contribution in [0.4, 0.5) is 5.69 Å². The lowest BCUT2D eigenvalue weighted by Crippen LogP contribution is -2.33. The summed E-state index contributed by atoms with van der Waals surface area (Å²) in [6.07, 6.45) is 0.326. The van der Waals surface area contributed by atoms with E-state index >= 15 is 0 Å². The van der Waals surface area contributed by atoms with Gasteiger partial charge in [0.25, 0.3) is 5.91 Å². The molecule has 1 aromatic rings. The van der Waals surface area contributed by atoms with E-state index in [0.717, 1.165) is 0 Å². The molecule has 1 aliphatic heterocycles. The molecular formula is C12H14N2O3. The highest BCUT2D eigenvalue weighted by molar-refractivity contribution is 6.04. The maximum absolute atomic E-state index is 11.9. The number of ether oxygens (including phenoxy) is 1. The predicted octanol–water partition coefficient (Wildman–Crippen LogP) is 0.539. The number of nitrogens with zero attached hydrogens (tertiary/aromatic N) is 1. The maximum Gasteiger partial charge on any atom is 0.250 e. The molecule has 1 aromatic carbocycles. The molecule has 0 atom stereocenters. The SMILES string of the molecule is NC(=O)c1ccccc1N1CCOCCC1=O. The molecule has 0 spiro atoms. The van der Waals surface area contributed by atoms with Crippen molar-refractivity contribution in [1.82, 2.24) is 0 Å². The lowest BCUT2D eigenvalue weighted by atomic mass is 10.1. The molecule has 90 valence electrons. The van der Waals surface area contributed by atoms with Gasteiger partial charge in [-0.25, -0.2) is 0 Å². The van der Waals surface area contributed by atoms with E-state index in [1.54, 1.807) is 29.2 Å². The summed E-state index contributed by atoms with van der Waals surface area (Å²) in [7, 11) is 0. The van der Waals surface area contributed by atoms with Gasteiger partial charge in [0.1, 0.15) is 0 Å². The average Bonchev–Trinajstić information content (AvgIpc) is 2.54. The van der Waals surface area contributed by atoms with Gasteiger partial charge in [0.2, 0.25) is 5.91 Å². The van der Waals surface area contributed by atoms with Crippen LogP contribution in [0.3, 0.4) is 0 Å². The second-order valence-corrected chi connectivity index (χ2v) is 3.79. The van der Waals surface area contributed by atoms with Gasteiger partial charge in [-0.05, 0) is 12.1 Å². The Labute approximate surface area is 99.2 Å². The van der Waals surface area contributed by atoms with E-state index < -0.39 is 5.91 Å². The molecule has 2 rings (SSSR count). The number of para-hydroxylation sites is 1. The third-order valence-electron chi connectivity index (χ3n) is 2.68. The first-order chi connectivity index (χ1) is 8.20. The molecule has 0 saturated carbocycles. The summed E-state index contributed by atoms with van der Waals surface area (Å²) >= 11 is 0. The Morgan fingerprint density at radius 2 is 2.06 bits per heavy atom. The number of benzene rings is 1. The van der Waals surface area contributed by atoms with Crippen LogP contribution >= 0.6 is 0 Å². The van der Waals surface area contributed by atoms with Crippen LogP contribution in [-0.4, -0.2) is 31.6 Å². The second kappa shape index (κ2) is 4.97. The number of amides is 2. The smallest absolute Gasteiger partial charge is 0.250 e. The van der Waals surface area contributed by atoms with Crippen LogP contribution in [0.2, 0.25) is 0 Å². The Morgan fingerprint density at radius 3 is 2.82 bits per heavy atom. The molecule has 0 unspecified atom stereocenters. The molecule has 1 saturated heterocycles. The zero-order valence-electron chi connectivity index (χ0n) is 9.39. The summed E-state index contributed by atoms with van der Waals surface area (Å²) in [6, 6.07) is 6.85. The highest BCUT2D eigenvalue weighted by atomic mass is 16.5. The molecule has 1 aliphatic rings. The molecule has 0 aromatic heterocycles. The third kappa shape index (κ3) is 2.45. The molecule has 2 amide bonds. The Balaban J connectivity index is 2.37. The Bertz CT molecular complexity index is 445. The van der Waals surface area contributed by atoms with Crippen molar-refractivity contribution in [2.45, 2.75) is 6.42 Å². The third-order valence-corrected chi connectivity index (χ3v) is 2.68. The molecule has 0 aliphatic carbocycles. The lowest BCUT2D eigenvalue weighted by Gasteiger charge is -2.21. The van der Waals surface area contributed by atoms with Crippen molar-refractivity contribution in [2.75, 3.05) is 24.7 Å². The summed E-state index contributed by atoms with van der Waals surface area (Å²) in [5.74, 6) is -0.574. The largest absolute Gasteiger partial charge is 0.379 e. The summed E-state index contributed by atoms with van der Waals surface area (Å²) in [5, 5.41) is 0. The summed E-state index contributed by atoms with van der Waals surface area (Å²) in [6.45, 7) is 1.34. The van der Waals surface area contributed by atoms with E-state index in [-0.39, 0.29) is 5.91 Å². The fraction of sp³-hybridized carbons (Fsp3) is 0.333. The Kier molecular flexibility index (Phi) is 3.39. The van der Waals surface area contributed by atoms with E-state index in [1.807, 2.05) is 0 Å². The number of rotatable bonds is 2. The fourth-order valence-electron chi connectivity index (χ4n) is 1.85. The van der Waals surface area contributed by atoms with Gasteiger partial charge >= 0.3 is 0 Å². The first-order valence-corrected chi connectivity index (χ1v) is 5.47. The van der Waals surface area contributed by atoms with Crippen LogP contribution < -0.4 is 10.6 Å². The van der Waals surface area contributed by atoms with Crippen molar-refractivity contribution in [1.29, 1.82) is 0 Å². The highest BCUT2D eigenvalue weighted by Crippen LogP contribution is 2.21. The predicted molar refractivity (Wildman–Crippen MR) is 62.7 cm³/mol. The number of hydrogen-bond acceptors (Lipinski definition) is 3. The Hall–Kier alpha value is -1.88. The van der Waals surface area contributed by atoms with E-state index in [4.69, 9.17) is 10.5 Å². The second-order valence-electron chi connectivity index (χ2n) is 3.79.